The number of amidine groups is 1. The molecule has 144 valence electrons. The minimum Gasteiger partial charge on any atom is -0.449 e. The van der Waals surface area contributed by atoms with Gasteiger partial charge in [-0.3, -0.25) is 4.79 Å². The molecule has 0 saturated carbocycles. The first-order chi connectivity index (χ1) is 13.4. The summed E-state index contributed by atoms with van der Waals surface area (Å²) in [6.45, 7) is 5.31. The topological polar surface area (TPSA) is 103 Å². The summed E-state index contributed by atoms with van der Waals surface area (Å²) in [4.78, 5) is 20.4. The highest BCUT2D eigenvalue weighted by atomic mass is 19.1. The van der Waals surface area contributed by atoms with Gasteiger partial charge in [-0.1, -0.05) is 6.08 Å². The molecule has 0 radical (unpaired) electrons. The van der Waals surface area contributed by atoms with Crippen LogP contribution in [0, 0.1) is 24.8 Å². The number of hydrogen-bond donors (Lipinski definition) is 2. The monoisotopic (exact) mass is 386 g/mol. The Labute approximate surface area is 159 Å². The van der Waals surface area contributed by atoms with E-state index in [0.717, 1.165) is 0 Å². The highest BCUT2D eigenvalue weighted by molar-refractivity contribution is 6.02. The molecule has 0 bridgehead atoms. The van der Waals surface area contributed by atoms with Crippen LogP contribution in [0.4, 0.5) is 14.5 Å². The fraction of sp³-hybridized carbons (Fsp3) is 0.211. The van der Waals surface area contributed by atoms with Crippen molar-refractivity contribution >= 4 is 17.6 Å². The van der Waals surface area contributed by atoms with Gasteiger partial charge in [0.1, 0.15) is 23.8 Å². The third-order valence-electron chi connectivity index (χ3n) is 4.16. The molecule has 28 heavy (non-hydrogen) atoms. The molecule has 1 aromatic heterocycles. The average molecular weight is 386 g/mol. The molecule has 2 atom stereocenters. The SMILES string of the molecule is C=C[C@@]1(c2cc(NC(=O)c3coc(C)n3)ccc2F)C[C@@H](C#CF)OC(N)=N1. The number of halogens is 2. The van der Waals surface area contributed by atoms with Crippen molar-refractivity contribution in [3.8, 4) is 12.1 Å². The zero-order valence-corrected chi connectivity index (χ0v) is 14.8. The van der Waals surface area contributed by atoms with Crippen LogP contribution in [0.1, 0.15) is 28.4 Å². The van der Waals surface area contributed by atoms with Gasteiger partial charge >= 0.3 is 0 Å². The summed E-state index contributed by atoms with van der Waals surface area (Å²) < 4.78 is 37.2. The predicted octanol–water partition coefficient (Wildman–Crippen LogP) is 2.79. The number of oxazole rings is 1. The first kappa shape index (κ1) is 19.1. The Morgan fingerprint density at radius 1 is 1.54 bits per heavy atom. The molecular formula is C19H16F2N4O3. The van der Waals surface area contributed by atoms with E-state index in [2.05, 4.69) is 27.8 Å². The number of nitrogens with zero attached hydrogens (tertiary/aromatic N) is 2. The van der Waals surface area contributed by atoms with Gasteiger partial charge in [0, 0.05) is 24.6 Å². The molecule has 9 heteroatoms. The summed E-state index contributed by atoms with van der Waals surface area (Å²) in [5.41, 5.74) is 4.77. The molecule has 0 unspecified atom stereocenters. The van der Waals surface area contributed by atoms with Crippen molar-refractivity contribution in [2.75, 3.05) is 5.32 Å². The first-order valence-electron chi connectivity index (χ1n) is 8.17. The molecule has 3 rings (SSSR count). The predicted molar refractivity (Wildman–Crippen MR) is 97.5 cm³/mol. The van der Waals surface area contributed by atoms with Crippen LogP contribution in [0.3, 0.4) is 0 Å². The largest absolute Gasteiger partial charge is 0.449 e. The van der Waals surface area contributed by atoms with Gasteiger partial charge in [-0.2, -0.15) is 0 Å². The van der Waals surface area contributed by atoms with Gasteiger partial charge in [0.15, 0.2) is 17.7 Å². The number of aromatic nitrogens is 1. The van der Waals surface area contributed by atoms with Gasteiger partial charge in [0.25, 0.3) is 11.9 Å². The van der Waals surface area contributed by atoms with Crippen molar-refractivity contribution < 1.29 is 22.7 Å². The quantitative estimate of drug-likeness (QED) is 0.621. The number of aryl methyl sites for hydroxylation is 1. The molecule has 0 fully saturated rings. The third kappa shape index (κ3) is 3.71. The lowest BCUT2D eigenvalue weighted by Crippen LogP contribution is -2.39. The zero-order valence-electron chi connectivity index (χ0n) is 14.8. The summed E-state index contributed by atoms with van der Waals surface area (Å²) in [7, 11) is 0. The lowest BCUT2D eigenvalue weighted by molar-refractivity contribution is 0.102. The number of nitrogens with two attached hydrogens (primary N) is 1. The van der Waals surface area contributed by atoms with Crippen molar-refractivity contribution in [1.82, 2.24) is 4.98 Å². The van der Waals surface area contributed by atoms with Crippen molar-refractivity contribution in [2.24, 2.45) is 10.7 Å². The van der Waals surface area contributed by atoms with E-state index in [4.69, 9.17) is 14.9 Å². The first-order valence-corrected chi connectivity index (χ1v) is 8.17. The number of hydrogen-bond acceptors (Lipinski definition) is 6. The number of ether oxygens (including phenoxy) is 1. The Morgan fingerprint density at radius 2 is 2.32 bits per heavy atom. The Hall–Kier alpha value is -3.67. The molecule has 2 aromatic rings. The van der Waals surface area contributed by atoms with E-state index >= 15 is 0 Å². The molecule has 0 saturated heterocycles. The molecule has 1 amide bonds. The standard InChI is InChI=1S/C19H16F2N4O3/c1-3-19(9-13(6-7-20)28-18(22)25-19)14-8-12(4-5-15(14)21)24-17(26)16-10-27-11(2)23-16/h3-5,8,10,13H,1,9H2,2H3,(H2,22,25)(H,24,26)/t13-,19+/m1/s1. The van der Waals surface area contributed by atoms with Gasteiger partial charge in [0.05, 0.1) is 0 Å². The van der Waals surface area contributed by atoms with Gasteiger partial charge < -0.3 is 20.2 Å². The third-order valence-corrected chi connectivity index (χ3v) is 4.16. The number of carbonyl (C=O) groups is 1. The number of anilines is 1. The molecule has 0 aliphatic carbocycles. The Kier molecular flexibility index (Phi) is 5.13. The normalized spacial score (nSPS) is 21.0. The maximum atomic E-state index is 14.6. The smallest absolute Gasteiger partial charge is 0.284 e. The zero-order chi connectivity index (χ0) is 20.3. The fourth-order valence-electron chi connectivity index (χ4n) is 2.89. The van der Waals surface area contributed by atoms with E-state index < -0.39 is 23.4 Å². The summed E-state index contributed by atoms with van der Waals surface area (Å²) >= 11 is 0. The highest BCUT2D eigenvalue weighted by Crippen LogP contribution is 2.38. The van der Waals surface area contributed by atoms with E-state index in [1.54, 1.807) is 6.92 Å². The second kappa shape index (κ2) is 7.52. The second-order valence-corrected chi connectivity index (χ2v) is 6.03. The molecule has 1 aliphatic heterocycles. The van der Waals surface area contributed by atoms with Crippen LogP contribution in [0.2, 0.25) is 0 Å². The van der Waals surface area contributed by atoms with Crippen LogP contribution in [-0.2, 0) is 10.3 Å². The van der Waals surface area contributed by atoms with E-state index in [0.29, 0.717) is 5.89 Å². The van der Waals surface area contributed by atoms with Gasteiger partial charge in [-0.25, -0.2) is 14.4 Å². The van der Waals surface area contributed by atoms with E-state index in [1.165, 1.54) is 36.7 Å². The molecule has 0 spiro atoms. The molecule has 1 aliphatic rings. The Balaban J connectivity index is 1.97. The maximum Gasteiger partial charge on any atom is 0.284 e. The van der Waals surface area contributed by atoms with Crippen molar-refractivity contribution in [3.05, 3.63) is 60.1 Å². The van der Waals surface area contributed by atoms with Crippen molar-refractivity contribution in [2.45, 2.75) is 25.0 Å². The summed E-state index contributed by atoms with van der Waals surface area (Å²) in [6, 6.07) is 3.67. The van der Waals surface area contributed by atoms with Crippen LogP contribution < -0.4 is 11.1 Å². The lowest BCUT2D eigenvalue weighted by Gasteiger charge is -2.34. The number of rotatable bonds is 4. The summed E-state index contributed by atoms with van der Waals surface area (Å²) in [5, 5.41) is 2.61. The van der Waals surface area contributed by atoms with Gasteiger partial charge in [0.2, 0.25) is 0 Å². The van der Waals surface area contributed by atoms with Crippen molar-refractivity contribution in [3.63, 3.8) is 0 Å². The summed E-state index contributed by atoms with van der Waals surface area (Å²) in [5.74, 6) is 1.40. The molecule has 2 heterocycles. The number of amides is 1. The molecule has 3 N–H and O–H groups in total. The minimum atomic E-state index is -1.34. The van der Waals surface area contributed by atoms with E-state index in [9.17, 15) is 13.6 Å². The van der Waals surface area contributed by atoms with Crippen LogP contribution in [0.5, 0.6) is 0 Å². The van der Waals surface area contributed by atoms with Crippen molar-refractivity contribution in [1.29, 1.82) is 0 Å². The van der Waals surface area contributed by atoms with Crippen LogP contribution in [-0.4, -0.2) is 23.0 Å². The highest BCUT2D eigenvalue weighted by Gasteiger charge is 2.39. The minimum absolute atomic E-state index is 0.00901. The molecular weight excluding hydrogens is 370 g/mol. The average Bonchev–Trinajstić information content (AvgIpc) is 3.09. The van der Waals surface area contributed by atoms with Gasteiger partial charge in [-0.05, 0) is 24.1 Å². The number of aliphatic imine (C=N–C) groups is 1. The number of benzene rings is 1. The van der Waals surface area contributed by atoms with Crippen LogP contribution in [0.15, 0.2) is 46.5 Å². The molecule has 1 aromatic carbocycles. The lowest BCUT2D eigenvalue weighted by atomic mass is 9.84. The van der Waals surface area contributed by atoms with E-state index in [1.807, 2.05) is 0 Å². The second-order valence-electron chi connectivity index (χ2n) is 6.03. The van der Waals surface area contributed by atoms with E-state index in [-0.39, 0.29) is 29.4 Å². The Bertz CT molecular complexity index is 1020. The Morgan fingerprint density at radius 3 is 2.96 bits per heavy atom. The van der Waals surface area contributed by atoms with Crippen LogP contribution in [0.25, 0.3) is 0 Å². The maximum absolute atomic E-state index is 14.6. The number of nitrogens with one attached hydrogen (secondary N) is 1. The fourth-order valence-corrected chi connectivity index (χ4v) is 2.89. The van der Waals surface area contributed by atoms with Crippen LogP contribution >= 0.6 is 0 Å². The molecule has 7 nitrogen and oxygen atoms in total. The van der Waals surface area contributed by atoms with Gasteiger partial charge in [-0.15, -0.1) is 11.0 Å². The number of carbonyl (C=O) groups excluding carboxylic acids is 1. The summed E-state index contributed by atoms with van der Waals surface area (Å²) in [6.07, 6.45) is 2.90.